The number of thioether (sulfide) groups is 1. The Balaban J connectivity index is 2.13. The molecule has 158 valence electrons. The van der Waals surface area contributed by atoms with E-state index in [4.69, 9.17) is 37.4 Å². The van der Waals surface area contributed by atoms with E-state index in [0.29, 0.717) is 33.8 Å². The second kappa shape index (κ2) is 11.5. The summed E-state index contributed by atoms with van der Waals surface area (Å²) in [7, 11) is 4.73. The first-order valence-corrected chi connectivity index (χ1v) is 10.6. The highest BCUT2D eigenvalue weighted by Crippen LogP contribution is 2.36. The molecule has 2 rings (SSSR count). The van der Waals surface area contributed by atoms with Crippen molar-refractivity contribution in [1.82, 2.24) is 4.90 Å². The smallest absolute Gasteiger partial charge is 0.321 e. The molecule has 0 saturated carbocycles. The number of hydrogen-bond acceptors (Lipinski definition) is 5. The van der Waals surface area contributed by atoms with E-state index in [1.165, 1.54) is 19.1 Å². The number of benzene rings is 2. The topological polar surface area (TPSA) is 60.0 Å². The van der Waals surface area contributed by atoms with Crippen LogP contribution in [0.25, 0.3) is 0 Å². The molecule has 0 saturated heterocycles. The number of urea groups is 1. The molecule has 0 aliphatic rings. The van der Waals surface area contributed by atoms with Gasteiger partial charge < -0.3 is 24.4 Å². The Morgan fingerprint density at radius 2 is 1.86 bits per heavy atom. The number of halogens is 2. The lowest BCUT2D eigenvalue weighted by atomic mass is 10.3. The van der Waals surface area contributed by atoms with Crippen LogP contribution in [0.1, 0.15) is 6.92 Å². The minimum absolute atomic E-state index is 0.269. The highest BCUT2D eigenvalue weighted by atomic mass is 35.5. The Hall–Kier alpha value is -1.64. The molecular formula is C20H24Cl2N2O4S. The summed E-state index contributed by atoms with van der Waals surface area (Å²) < 4.78 is 16.2. The van der Waals surface area contributed by atoms with Gasteiger partial charge in [0.15, 0.2) is 6.29 Å². The van der Waals surface area contributed by atoms with Crippen molar-refractivity contribution in [2.75, 3.05) is 38.9 Å². The number of methoxy groups -OCH3 is 2. The van der Waals surface area contributed by atoms with E-state index in [1.807, 2.05) is 19.1 Å². The molecule has 0 aliphatic heterocycles. The Morgan fingerprint density at radius 3 is 2.48 bits per heavy atom. The minimum atomic E-state index is -0.487. The second-order valence-corrected chi connectivity index (χ2v) is 8.10. The number of hydrogen-bond donors (Lipinski definition) is 1. The number of nitrogens with one attached hydrogen (secondary N) is 1. The summed E-state index contributed by atoms with van der Waals surface area (Å²) in [6.07, 6.45) is -0.487. The first-order chi connectivity index (χ1) is 13.9. The van der Waals surface area contributed by atoms with Gasteiger partial charge in [0.1, 0.15) is 11.5 Å². The van der Waals surface area contributed by atoms with Crippen molar-refractivity contribution in [3.8, 4) is 11.5 Å². The third kappa shape index (κ3) is 6.97. The largest absolute Gasteiger partial charge is 0.456 e. The molecule has 0 unspecified atom stereocenters. The zero-order valence-electron chi connectivity index (χ0n) is 16.7. The van der Waals surface area contributed by atoms with Gasteiger partial charge in [0, 0.05) is 33.0 Å². The highest BCUT2D eigenvalue weighted by Gasteiger charge is 2.16. The van der Waals surface area contributed by atoms with Gasteiger partial charge in [0.05, 0.1) is 21.5 Å². The van der Waals surface area contributed by atoms with Crippen LogP contribution >= 0.6 is 35.0 Å². The minimum Gasteiger partial charge on any atom is -0.456 e. The Kier molecular flexibility index (Phi) is 9.39. The number of ether oxygens (including phenoxy) is 3. The van der Waals surface area contributed by atoms with Crippen molar-refractivity contribution in [2.45, 2.75) is 18.1 Å². The van der Waals surface area contributed by atoms with E-state index in [0.717, 1.165) is 10.6 Å². The molecule has 6 nitrogen and oxygen atoms in total. The molecule has 2 aromatic carbocycles. The molecule has 0 bridgehead atoms. The van der Waals surface area contributed by atoms with E-state index in [9.17, 15) is 4.79 Å². The quantitative estimate of drug-likeness (QED) is 0.369. The van der Waals surface area contributed by atoms with Crippen LogP contribution < -0.4 is 10.1 Å². The third-order valence-electron chi connectivity index (χ3n) is 3.91. The predicted octanol–water partition coefficient (Wildman–Crippen LogP) is 5.98. The van der Waals surface area contributed by atoms with Gasteiger partial charge >= 0.3 is 6.03 Å². The lowest BCUT2D eigenvalue weighted by molar-refractivity contribution is -0.108. The van der Waals surface area contributed by atoms with Gasteiger partial charge in [0.2, 0.25) is 0 Å². The summed E-state index contributed by atoms with van der Waals surface area (Å²) in [5.74, 6) is 2.10. The Bertz CT molecular complexity index is 834. The maximum atomic E-state index is 12.4. The number of nitrogens with zero attached hydrogens (tertiary/aromatic N) is 1. The SMILES string of the molecule is CCSc1cc(NC(=O)N(C)CC(OC)OC)ccc1Oc1ccc(Cl)c(Cl)c1. The summed E-state index contributed by atoms with van der Waals surface area (Å²) in [4.78, 5) is 14.8. The molecule has 0 radical (unpaired) electrons. The number of anilines is 1. The van der Waals surface area contributed by atoms with Crippen LogP contribution in [0.2, 0.25) is 10.0 Å². The van der Waals surface area contributed by atoms with Crippen LogP contribution in [0, 0.1) is 0 Å². The fraction of sp³-hybridized carbons (Fsp3) is 0.350. The number of rotatable bonds is 9. The lowest BCUT2D eigenvalue weighted by Crippen LogP contribution is -2.38. The van der Waals surface area contributed by atoms with Crippen LogP contribution in [-0.4, -0.2) is 50.8 Å². The number of amides is 2. The fourth-order valence-electron chi connectivity index (χ4n) is 2.38. The summed E-state index contributed by atoms with van der Waals surface area (Å²) in [6.45, 7) is 2.34. The number of likely N-dealkylation sites (N-methyl/N-ethyl adjacent to an activating group) is 1. The maximum absolute atomic E-state index is 12.4. The van der Waals surface area contributed by atoms with Crippen molar-refractivity contribution >= 4 is 46.7 Å². The van der Waals surface area contributed by atoms with Crippen LogP contribution in [0.5, 0.6) is 11.5 Å². The molecule has 0 aromatic heterocycles. The van der Waals surface area contributed by atoms with Crippen LogP contribution in [0.15, 0.2) is 41.3 Å². The van der Waals surface area contributed by atoms with Crippen LogP contribution in [0.3, 0.4) is 0 Å². The van der Waals surface area contributed by atoms with Gasteiger partial charge in [-0.25, -0.2) is 4.79 Å². The molecule has 9 heteroatoms. The summed E-state index contributed by atoms with van der Waals surface area (Å²) in [5, 5.41) is 3.76. The van der Waals surface area contributed by atoms with E-state index in [2.05, 4.69) is 5.32 Å². The van der Waals surface area contributed by atoms with Crippen molar-refractivity contribution in [1.29, 1.82) is 0 Å². The van der Waals surface area contributed by atoms with Gasteiger partial charge in [-0.3, -0.25) is 0 Å². The van der Waals surface area contributed by atoms with Crippen molar-refractivity contribution in [3.63, 3.8) is 0 Å². The molecule has 1 N–H and O–H groups in total. The normalized spacial score (nSPS) is 10.9. The average molecular weight is 459 g/mol. The molecular weight excluding hydrogens is 435 g/mol. The van der Waals surface area contributed by atoms with Crippen molar-refractivity contribution < 1.29 is 19.0 Å². The second-order valence-electron chi connectivity index (χ2n) is 5.98. The Morgan fingerprint density at radius 1 is 1.14 bits per heavy atom. The first-order valence-electron chi connectivity index (χ1n) is 8.85. The van der Waals surface area contributed by atoms with Crippen molar-refractivity contribution in [3.05, 3.63) is 46.4 Å². The zero-order valence-corrected chi connectivity index (χ0v) is 19.0. The standard InChI is InChI=1S/C20H24Cl2N2O4S/c1-5-29-18-10-13(23-20(25)24(2)12-19(26-3)27-4)6-9-17(18)28-14-7-8-15(21)16(22)11-14/h6-11,19H,5,12H2,1-4H3,(H,23,25). The number of carbonyl (C=O) groups excluding carboxylic acids is 1. The zero-order chi connectivity index (χ0) is 21.4. The molecule has 29 heavy (non-hydrogen) atoms. The predicted molar refractivity (Wildman–Crippen MR) is 119 cm³/mol. The maximum Gasteiger partial charge on any atom is 0.321 e. The summed E-state index contributed by atoms with van der Waals surface area (Å²) in [5.41, 5.74) is 0.658. The molecule has 0 fully saturated rings. The summed E-state index contributed by atoms with van der Waals surface area (Å²) in [6, 6.07) is 10.3. The van der Waals surface area contributed by atoms with Crippen LogP contribution in [0.4, 0.5) is 10.5 Å². The van der Waals surface area contributed by atoms with E-state index in [1.54, 1.807) is 43.1 Å². The molecule has 2 aromatic rings. The molecule has 2 amide bonds. The van der Waals surface area contributed by atoms with Gasteiger partial charge in [-0.15, -0.1) is 11.8 Å². The van der Waals surface area contributed by atoms with Gasteiger partial charge in [-0.1, -0.05) is 30.1 Å². The molecule has 0 aliphatic carbocycles. The molecule has 0 spiro atoms. The Labute approximate surface area is 185 Å². The molecule has 0 atom stereocenters. The first kappa shape index (κ1) is 23.6. The third-order valence-corrected chi connectivity index (χ3v) is 5.57. The van der Waals surface area contributed by atoms with Gasteiger partial charge in [0.25, 0.3) is 0 Å². The number of carbonyl (C=O) groups is 1. The van der Waals surface area contributed by atoms with E-state index >= 15 is 0 Å². The fourth-order valence-corrected chi connectivity index (χ4v) is 3.44. The monoisotopic (exact) mass is 458 g/mol. The molecule has 0 heterocycles. The highest BCUT2D eigenvalue weighted by molar-refractivity contribution is 7.99. The van der Waals surface area contributed by atoms with Crippen molar-refractivity contribution in [2.24, 2.45) is 0 Å². The van der Waals surface area contributed by atoms with Gasteiger partial charge in [-0.2, -0.15) is 0 Å². The van der Waals surface area contributed by atoms with E-state index in [-0.39, 0.29) is 6.03 Å². The summed E-state index contributed by atoms with van der Waals surface area (Å²) >= 11 is 13.6. The lowest BCUT2D eigenvalue weighted by Gasteiger charge is -2.22. The van der Waals surface area contributed by atoms with E-state index < -0.39 is 6.29 Å². The van der Waals surface area contributed by atoms with Gasteiger partial charge in [-0.05, 0) is 36.1 Å². The average Bonchev–Trinajstić information content (AvgIpc) is 2.70. The van der Waals surface area contributed by atoms with Crippen LogP contribution in [-0.2, 0) is 9.47 Å².